The summed E-state index contributed by atoms with van der Waals surface area (Å²) in [6, 6.07) is 10.3. The van der Waals surface area contributed by atoms with Gasteiger partial charge in [-0.15, -0.1) is 12.4 Å². The molecule has 1 saturated heterocycles. The first-order valence-corrected chi connectivity index (χ1v) is 8.87. The van der Waals surface area contributed by atoms with Gasteiger partial charge >= 0.3 is 0 Å². The number of rotatable bonds is 5. The number of amides is 1. The van der Waals surface area contributed by atoms with Crippen LogP contribution in [0.2, 0.25) is 0 Å². The van der Waals surface area contributed by atoms with Gasteiger partial charge in [-0.2, -0.15) is 5.10 Å². The summed E-state index contributed by atoms with van der Waals surface area (Å²) in [5, 5.41) is 11.1. The van der Waals surface area contributed by atoms with Gasteiger partial charge in [0, 0.05) is 11.6 Å². The van der Waals surface area contributed by atoms with Crippen LogP contribution in [0.5, 0.6) is 0 Å². The Balaban J connectivity index is 0.00000182. The van der Waals surface area contributed by atoms with Crippen molar-refractivity contribution in [3.05, 3.63) is 47.3 Å². The van der Waals surface area contributed by atoms with Crippen molar-refractivity contribution in [1.29, 1.82) is 0 Å². The molecule has 6 heteroatoms. The molecule has 1 aromatic heterocycles. The molecule has 0 bridgehead atoms. The zero-order chi connectivity index (χ0) is 16.5. The van der Waals surface area contributed by atoms with Crippen molar-refractivity contribution in [2.45, 2.75) is 32.7 Å². The first kappa shape index (κ1) is 18.0. The second kappa shape index (κ2) is 7.58. The van der Waals surface area contributed by atoms with E-state index in [4.69, 9.17) is 5.10 Å². The van der Waals surface area contributed by atoms with Crippen LogP contribution in [-0.4, -0.2) is 28.8 Å². The van der Waals surface area contributed by atoms with Crippen LogP contribution >= 0.6 is 12.4 Å². The summed E-state index contributed by atoms with van der Waals surface area (Å²) >= 11 is 0. The second-order valence-corrected chi connectivity index (χ2v) is 6.90. The fourth-order valence-electron chi connectivity index (χ4n) is 3.65. The molecule has 1 fully saturated rings. The van der Waals surface area contributed by atoms with E-state index in [9.17, 15) is 4.79 Å². The molecule has 2 heterocycles. The standard InChI is InChI=1S/C19H24N4O.ClH/c1-13(14-10-20-11-14)19(24)21-12-17-16-8-5-9-18(16)23(22-17)15-6-3-2-4-7-15;/h2-4,6-7,13-14,20H,5,8-12H2,1H3,(H,21,24);1H. The maximum atomic E-state index is 12.4. The topological polar surface area (TPSA) is 59.0 Å². The molecule has 1 unspecified atom stereocenters. The molecule has 1 aliphatic heterocycles. The summed E-state index contributed by atoms with van der Waals surface area (Å²) in [5.74, 6) is 0.676. The number of nitrogens with zero attached hydrogens (tertiary/aromatic N) is 2. The third-order valence-electron chi connectivity index (χ3n) is 5.38. The number of fused-ring (bicyclic) bond motifs is 1. The predicted molar refractivity (Wildman–Crippen MR) is 100 cm³/mol. The number of para-hydroxylation sites is 1. The Morgan fingerprint density at radius 1 is 1.32 bits per heavy atom. The Labute approximate surface area is 154 Å². The quantitative estimate of drug-likeness (QED) is 0.859. The van der Waals surface area contributed by atoms with E-state index in [-0.39, 0.29) is 24.2 Å². The van der Waals surface area contributed by atoms with Gasteiger partial charge in [0.1, 0.15) is 0 Å². The Morgan fingerprint density at radius 3 is 2.76 bits per heavy atom. The molecule has 5 nitrogen and oxygen atoms in total. The zero-order valence-electron chi connectivity index (χ0n) is 14.5. The van der Waals surface area contributed by atoms with Crippen LogP contribution in [0.15, 0.2) is 30.3 Å². The van der Waals surface area contributed by atoms with E-state index in [0.717, 1.165) is 37.3 Å². The van der Waals surface area contributed by atoms with Gasteiger partial charge in [-0.05, 0) is 56.0 Å². The largest absolute Gasteiger partial charge is 0.350 e. The number of nitrogens with one attached hydrogen (secondary N) is 2. The highest BCUT2D eigenvalue weighted by molar-refractivity contribution is 5.85. The van der Waals surface area contributed by atoms with Gasteiger partial charge in [-0.1, -0.05) is 25.1 Å². The number of hydrogen-bond donors (Lipinski definition) is 2. The summed E-state index contributed by atoms with van der Waals surface area (Å²) in [6.45, 7) is 4.46. The lowest BCUT2D eigenvalue weighted by Gasteiger charge is -2.31. The van der Waals surface area contributed by atoms with Crippen LogP contribution in [0, 0.1) is 11.8 Å². The van der Waals surface area contributed by atoms with Crippen LogP contribution < -0.4 is 10.6 Å². The van der Waals surface area contributed by atoms with Crippen molar-refractivity contribution in [3.63, 3.8) is 0 Å². The lowest BCUT2D eigenvalue weighted by atomic mass is 9.88. The molecule has 1 aromatic carbocycles. The minimum atomic E-state index is 0. The third-order valence-corrected chi connectivity index (χ3v) is 5.38. The molecule has 2 aliphatic rings. The molecule has 2 aromatic rings. The number of halogens is 1. The monoisotopic (exact) mass is 360 g/mol. The number of hydrogen-bond acceptors (Lipinski definition) is 3. The summed E-state index contributed by atoms with van der Waals surface area (Å²) in [5.41, 5.74) is 4.76. The minimum Gasteiger partial charge on any atom is -0.350 e. The molecule has 134 valence electrons. The minimum absolute atomic E-state index is 0. The fourth-order valence-corrected chi connectivity index (χ4v) is 3.65. The summed E-state index contributed by atoms with van der Waals surface area (Å²) in [6.07, 6.45) is 3.30. The van der Waals surface area contributed by atoms with Crippen molar-refractivity contribution >= 4 is 18.3 Å². The average molecular weight is 361 g/mol. The van der Waals surface area contributed by atoms with Gasteiger partial charge in [-0.3, -0.25) is 4.79 Å². The molecule has 4 rings (SSSR count). The smallest absolute Gasteiger partial charge is 0.223 e. The number of carbonyl (C=O) groups excluding carboxylic acids is 1. The predicted octanol–water partition coefficient (Wildman–Crippen LogP) is 2.25. The number of benzene rings is 1. The molecular weight excluding hydrogens is 336 g/mol. The second-order valence-electron chi connectivity index (χ2n) is 6.90. The SMILES string of the molecule is CC(C(=O)NCc1nn(-c2ccccc2)c2c1CCC2)C1CNC1.Cl. The molecule has 1 atom stereocenters. The Bertz CT molecular complexity index is 739. The van der Waals surface area contributed by atoms with Crippen molar-refractivity contribution < 1.29 is 4.79 Å². The summed E-state index contributed by atoms with van der Waals surface area (Å²) < 4.78 is 2.06. The average Bonchev–Trinajstić information content (AvgIpc) is 3.14. The Kier molecular flexibility index (Phi) is 5.45. The first-order chi connectivity index (χ1) is 11.7. The molecular formula is C19H25ClN4O. The van der Waals surface area contributed by atoms with Crippen molar-refractivity contribution in [2.75, 3.05) is 13.1 Å². The summed E-state index contributed by atoms with van der Waals surface area (Å²) in [7, 11) is 0. The van der Waals surface area contributed by atoms with E-state index in [1.54, 1.807) is 0 Å². The third kappa shape index (κ3) is 3.44. The Morgan fingerprint density at radius 2 is 2.08 bits per heavy atom. The molecule has 1 amide bonds. The van der Waals surface area contributed by atoms with E-state index in [1.807, 2.05) is 25.1 Å². The van der Waals surface area contributed by atoms with Crippen LogP contribution in [0.25, 0.3) is 5.69 Å². The molecule has 0 saturated carbocycles. The Hall–Kier alpha value is -1.85. The van der Waals surface area contributed by atoms with Gasteiger partial charge in [0.2, 0.25) is 5.91 Å². The molecule has 1 aliphatic carbocycles. The van der Waals surface area contributed by atoms with Crippen LogP contribution in [0.1, 0.15) is 30.3 Å². The molecule has 0 radical (unpaired) electrons. The van der Waals surface area contributed by atoms with Crippen LogP contribution in [0.3, 0.4) is 0 Å². The van der Waals surface area contributed by atoms with Gasteiger partial charge in [-0.25, -0.2) is 4.68 Å². The van der Waals surface area contributed by atoms with Gasteiger partial charge < -0.3 is 10.6 Å². The van der Waals surface area contributed by atoms with Gasteiger partial charge in [0.25, 0.3) is 0 Å². The fraction of sp³-hybridized carbons (Fsp3) is 0.474. The van der Waals surface area contributed by atoms with E-state index >= 15 is 0 Å². The van der Waals surface area contributed by atoms with Crippen molar-refractivity contribution in [1.82, 2.24) is 20.4 Å². The normalized spacial score (nSPS) is 17.3. The zero-order valence-corrected chi connectivity index (χ0v) is 15.3. The van der Waals surface area contributed by atoms with Crippen LogP contribution in [0.4, 0.5) is 0 Å². The maximum Gasteiger partial charge on any atom is 0.223 e. The van der Waals surface area contributed by atoms with Crippen molar-refractivity contribution in [2.24, 2.45) is 11.8 Å². The van der Waals surface area contributed by atoms with E-state index in [0.29, 0.717) is 12.5 Å². The van der Waals surface area contributed by atoms with Crippen molar-refractivity contribution in [3.8, 4) is 5.69 Å². The van der Waals surface area contributed by atoms with Gasteiger partial charge in [0.15, 0.2) is 0 Å². The highest BCUT2D eigenvalue weighted by atomic mass is 35.5. The molecule has 2 N–H and O–H groups in total. The van der Waals surface area contributed by atoms with E-state index in [1.165, 1.54) is 17.7 Å². The lowest BCUT2D eigenvalue weighted by molar-refractivity contribution is -0.126. The molecule has 0 spiro atoms. The number of carbonyl (C=O) groups is 1. The highest BCUT2D eigenvalue weighted by Gasteiger charge is 2.29. The maximum absolute atomic E-state index is 12.4. The lowest BCUT2D eigenvalue weighted by Crippen LogP contribution is -2.49. The molecule has 25 heavy (non-hydrogen) atoms. The number of aromatic nitrogens is 2. The van der Waals surface area contributed by atoms with E-state index < -0.39 is 0 Å². The van der Waals surface area contributed by atoms with Crippen LogP contribution in [-0.2, 0) is 24.2 Å². The highest BCUT2D eigenvalue weighted by Crippen LogP contribution is 2.27. The summed E-state index contributed by atoms with van der Waals surface area (Å²) in [4.78, 5) is 12.4. The first-order valence-electron chi connectivity index (χ1n) is 8.87. The van der Waals surface area contributed by atoms with Gasteiger partial charge in [0.05, 0.1) is 17.9 Å². The van der Waals surface area contributed by atoms with E-state index in [2.05, 4.69) is 27.4 Å².